The molecule has 2 heterocycles. The van der Waals surface area contributed by atoms with Crippen LogP contribution in [0.5, 0.6) is 0 Å². The largest absolute Gasteiger partial charge is 0.345 e. The van der Waals surface area contributed by atoms with Gasteiger partial charge in [-0.2, -0.15) is 0 Å². The van der Waals surface area contributed by atoms with Crippen molar-refractivity contribution in [2.45, 2.75) is 107 Å². The molecular weight excluding hydrogens is 836 g/mol. The second-order valence-electron chi connectivity index (χ2n) is 11.4. The lowest BCUT2D eigenvalue weighted by molar-refractivity contribution is 0.273. The molecule has 1 atom stereocenters. The average Bonchev–Trinajstić information content (AvgIpc) is 2.92. The van der Waals surface area contributed by atoms with Crippen LogP contribution in [-0.2, 0) is 66.9 Å². The molecule has 51 heavy (non-hydrogen) atoms. The highest BCUT2D eigenvalue weighted by Gasteiger charge is 2.52. The molecule has 310 valence electrons. The Kier molecular flexibility index (Phi) is 26.7. The van der Waals surface area contributed by atoms with Gasteiger partial charge in [-0.05, 0) is 51.4 Å². The molecule has 2 aliphatic heterocycles. The van der Waals surface area contributed by atoms with Crippen molar-refractivity contribution >= 4 is 60.8 Å². The summed E-state index contributed by atoms with van der Waals surface area (Å²) in [4.78, 5) is 24.9. The van der Waals surface area contributed by atoms with Gasteiger partial charge in [0.2, 0.25) is 0 Å². The number of hydrogen-bond donors (Lipinski definition) is 3. The summed E-state index contributed by atoms with van der Waals surface area (Å²) in [7, 11) is -27.0. The van der Waals surface area contributed by atoms with Crippen LogP contribution in [0.3, 0.4) is 0 Å². The van der Waals surface area contributed by atoms with Gasteiger partial charge in [-0.25, -0.2) is 25.9 Å². The zero-order valence-corrected chi connectivity index (χ0v) is 38.5. The first-order valence-electron chi connectivity index (χ1n) is 17.0. The summed E-state index contributed by atoms with van der Waals surface area (Å²) in [5.41, 5.74) is 0. The Morgan fingerprint density at radius 1 is 0.412 bits per heavy atom. The first-order valence-corrected chi connectivity index (χ1v) is 31.0. The van der Waals surface area contributed by atoms with E-state index in [1.54, 1.807) is 48.5 Å². The van der Waals surface area contributed by atoms with Crippen LogP contribution < -0.4 is 0 Å². The van der Waals surface area contributed by atoms with Crippen molar-refractivity contribution in [2.75, 3.05) is 56.4 Å². The van der Waals surface area contributed by atoms with Crippen LogP contribution in [-0.4, -0.2) is 71.1 Å². The maximum Gasteiger partial charge on any atom is 0.345 e. The minimum Gasteiger partial charge on any atom is -0.324 e. The van der Waals surface area contributed by atoms with Gasteiger partial charge >= 0.3 is 60.8 Å². The monoisotopic (exact) mass is 898 g/mol. The zero-order valence-electron chi connectivity index (χ0n) is 31.4. The maximum atomic E-state index is 12.3. The molecule has 0 saturated carbocycles. The molecule has 1 unspecified atom stereocenters. The van der Waals surface area contributed by atoms with Crippen LogP contribution in [0.25, 0.3) is 0 Å². The van der Waals surface area contributed by atoms with Gasteiger partial charge < -0.3 is 19.2 Å². The Labute approximate surface area is 304 Å². The van der Waals surface area contributed by atoms with Gasteiger partial charge in [-0.3, -0.25) is 36.5 Å². The molecule has 0 aromatic heterocycles. The topological polar surface area (TPSA) is 262 Å². The van der Waals surface area contributed by atoms with Gasteiger partial charge in [-0.1, -0.05) is 55.4 Å². The molecular formula is C25H62O18P8. The summed E-state index contributed by atoms with van der Waals surface area (Å²) in [6, 6.07) is 0. The maximum absolute atomic E-state index is 12.3. The van der Waals surface area contributed by atoms with Gasteiger partial charge in [0.15, 0.2) is 0 Å². The van der Waals surface area contributed by atoms with Crippen molar-refractivity contribution in [3.05, 3.63) is 0 Å². The third-order valence-corrected chi connectivity index (χ3v) is 26.3. The van der Waals surface area contributed by atoms with Crippen LogP contribution in [0, 0.1) is 0 Å². The minimum absolute atomic E-state index is 0.00694. The van der Waals surface area contributed by atoms with Gasteiger partial charge in [0, 0.05) is 19.4 Å². The molecule has 26 heteroatoms. The van der Waals surface area contributed by atoms with Gasteiger partial charge in [0.25, 0.3) is 0 Å². The van der Waals surface area contributed by atoms with Crippen LogP contribution in [0.4, 0.5) is 0 Å². The van der Waals surface area contributed by atoms with E-state index in [-0.39, 0.29) is 49.3 Å². The van der Waals surface area contributed by atoms with E-state index in [0.717, 1.165) is 0 Å². The number of hydrogen-bond acceptors (Lipinski definition) is 15. The normalized spacial score (nSPS) is 33.3. The van der Waals surface area contributed by atoms with Crippen molar-refractivity contribution in [2.24, 2.45) is 0 Å². The molecule has 0 amide bonds. The van der Waals surface area contributed by atoms with Crippen molar-refractivity contribution in [1.29, 1.82) is 0 Å². The van der Waals surface area contributed by atoms with Crippen LogP contribution in [0.15, 0.2) is 0 Å². The van der Waals surface area contributed by atoms with Crippen molar-refractivity contribution in [3.63, 3.8) is 0 Å². The molecule has 3 N–H and O–H groups in total. The smallest absolute Gasteiger partial charge is 0.324 e. The third kappa shape index (κ3) is 24.0. The lowest BCUT2D eigenvalue weighted by atomic mass is 10.6. The summed E-state index contributed by atoms with van der Waals surface area (Å²) in [5, 5.41) is 0. The second-order valence-corrected chi connectivity index (χ2v) is 29.2. The molecule has 0 aliphatic carbocycles. The Bertz CT molecular complexity index is 1160. The zero-order chi connectivity index (χ0) is 40.3. The SMILES string of the molecule is CCCP(=O)(O)O.CCCP(=O)(O)OC.CCCP1(=O)OP(=O)(CCC)OP(=O)(CCC)O1.CCCP1(=O)OP(=O)(CCC)OP(=O)(CCC)O1. The van der Waals surface area contributed by atoms with E-state index >= 15 is 0 Å². The van der Waals surface area contributed by atoms with E-state index in [0.29, 0.717) is 51.4 Å². The first kappa shape index (κ1) is 54.5. The first-order chi connectivity index (χ1) is 23.3. The summed E-state index contributed by atoms with van der Waals surface area (Å²) in [6.07, 6.45) is 5.37. The lowest BCUT2D eigenvalue weighted by Gasteiger charge is -2.33. The summed E-state index contributed by atoms with van der Waals surface area (Å²) in [6.45, 7) is 14.4. The van der Waals surface area contributed by atoms with E-state index in [1.165, 1.54) is 7.11 Å². The molecule has 2 rings (SSSR count). The summed E-state index contributed by atoms with van der Waals surface area (Å²) < 4.78 is 129. The predicted octanol–water partition coefficient (Wildman–Crippen LogP) is 11.5. The van der Waals surface area contributed by atoms with Crippen LogP contribution >= 0.6 is 60.8 Å². The quantitative estimate of drug-likeness (QED) is 0.115. The fourth-order valence-corrected chi connectivity index (χ4v) is 24.0. The minimum atomic E-state index is -3.67. The predicted molar refractivity (Wildman–Crippen MR) is 202 cm³/mol. The van der Waals surface area contributed by atoms with E-state index in [1.807, 2.05) is 6.92 Å². The molecule has 0 aromatic rings. The van der Waals surface area contributed by atoms with Crippen LogP contribution in [0.1, 0.15) is 107 Å². The Balaban J connectivity index is 0. The summed E-state index contributed by atoms with van der Waals surface area (Å²) >= 11 is 0. The molecule has 0 aromatic carbocycles. The van der Waals surface area contributed by atoms with Gasteiger partial charge in [0.05, 0.1) is 37.0 Å². The van der Waals surface area contributed by atoms with Crippen molar-refractivity contribution in [3.8, 4) is 0 Å². The fraction of sp³-hybridized carbons (Fsp3) is 1.00. The standard InChI is InChI=1S/2C9H21O6P3.C4H11O3P.C3H9O3P/c2*1-4-7-16(10)13-17(11,8-5-2)15-18(12,14-16)9-6-3;1-3-4-8(5,6)7-2;1-2-3-7(4,5)6/h2*4-9H2,1-3H3;3-4H2,1-2H3,(H,5,6);2-3H2,1H3,(H2,4,5,6). The molecule has 18 nitrogen and oxygen atoms in total. The summed E-state index contributed by atoms with van der Waals surface area (Å²) in [5.74, 6) is 0. The van der Waals surface area contributed by atoms with Gasteiger partial charge in [-0.15, -0.1) is 0 Å². The fourth-order valence-electron chi connectivity index (χ4n) is 4.02. The Morgan fingerprint density at radius 3 is 0.686 bits per heavy atom. The Morgan fingerprint density at radius 2 is 0.608 bits per heavy atom. The molecule has 0 bridgehead atoms. The molecule has 2 fully saturated rings. The molecule has 0 radical (unpaired) electrons. The van der Waals surface area contributed by atoms with Crippen molar-refractivity contribution < 1.29 is 81.6 Å². The Hall–Kier alpha value is 1.44. The molecule has 0 spiro atoms. The van der Waals surface area contributed by atoms with Gasteiger partial charge in [0.1, 0.15) is 0 Å². The number of rotatable bonds is 17. The lowest BCUT2D eigenvalue weighted by Crippen LogP contribution is -2.10. The van der Waals surface area contributed by atoms with E-state index in [9.17, 15) is 36.5 Å². The molecule has 2 aliphatic rings. The molecule has 2 saturated heterocycles. The highest BCUT2D eigenvalue weighted by Crippen LogP contribution is 2.83. The van der Waals surface area contributed by atoms with E-state index in [2.05, 4.69) is 4.52 Å². The highest BCUT2D eigenvalue weighted by molar-refractivity contribution is 7.81. The second kappa shape index (κ2) is 24.9. The third-order valence-electron chi connectivity index (χ3n) is 5.78. The van der Waals surface area contributed by atoms with E-state index in [4.69, 9.17) is 40.5 Å². The van der Waals surface area contributed by atoms with Crippen molar-refractivity contribution in [1.82, 2.24) is 0 Å². The van der Waals surface area contributed by atoms with E-state index < -0.39 is 60.8 Å². The van der Waals surface area contributed by atoms with Crippen LogP contribution in [0.2, 0.25) is 0 Å². The average molecular weight is 899 g/mol. The highest BCUT2D eigenvalue weighted by atomic mass is 31.3.